The highest BCUT2D eigenvalue weighted by molar-refractivity contribution is 5.93. The summed E-state index contributed by atoms with van der Waals surface area (Å²) in [5.41, 5.74) is 3.74. The third-order valence-electron chi connectivity index (χ3n) is 3.60. The molecule has 146 valence electrons. The second-order valence-electron chi connectivity index (χ2n) is 5.69. The van der Waals surface area contributed by atoms with Gasteiger partial charge in [-0.15, -0.1) is 0 Å². The van der Waals surface area contributed by atoms with Crippen molar-refractivity contribution >= 4 is 23.7 Å². The number of benzene rings is 2. The zero-order valence-electron chi connectivity index (χ0n) is 15.7. The van der Waals surface area contributed by atoms with Gasteiger partial charge in [-0.25, -0.2) is 5.43 Å². The van der Waals surface area contributed by atoms with E-state index in [1.165, 1.54) is 6.21 Å². The SMILES string of the molecule is C=CCOc1c(C=NNC(=O)CCC(=O)Nc2ccccc2)cccc1OC. The molecule has 2 rings (SSSR count). The summed E-state index contributed by atoms with van der Waals surface area (Å²) in [6, 6.07) is 14.4. The van der Waals surface area contributed by atoms with Crippen LogP contribution in [0.1, 0.15) is 18.4 Å². The van der Waals surface area contributed by atoms with Gasteiger partial charge in [-0.1, -0.05) is 36.9 Å². The van der Waals surface area contributed by atoms with Gasteiger partial charge in [0.1, 0.15) is 6.61 Å². The molecule has 0 bridgehead atoms. The first-order valence-electron chi connectivity index (χ1n) is 8.71. The smallest absolute Gasteiger partial charge is 0.240 e. The van der Waals surface area contributed by atoms with E-state index < -0.39 is 0 Å². The van der Waals surface area contributed by atoms with Crippen LogP contribution in [0.2, 0.25) is 0 Å². The maximum Gasteiger partial charge on any atom is 0.240 e. The monoisotopic (exact) mass is 381 g/mol. The van der Waals surface area contributed by atoms with Gasteiger partial charge in [0, 0.05) is 24.1 Å². The molecular formula is C21H23N3O4. The van der Waals surface area contributed by atoms with Crippen molar-refractivity contribution in [3.05, 3.63) is 66.7 Å². The predicted molar refractivity (Wildman–Crippen MR) is 109 cm³/mol. The van der Waals surface area contributed by atoms with Gasteiger partial charge in [0.05, 0.1) is 13.3 Å². The van der Waals surface area contributed by atoms with Crippen LogP contribution in [0.15, 0.2) is 66.3 Å². The summed E-state index contributed by atoms with van der Waals surface area (Å²) < 4.78 is 10.9. The zero-order chi connectivity index (χ0) is 20.2. The molecule has 0 aromatic heterocycles. The summed E-state index contributed by atoms with van der Waals surface area (Å²) in [6.07, 6.45) is 3.16. The number of ether oxygens (including phenoxy) is 2. The third-order valence-corrected chi connectivity index (χ3v) is 3.60. The number of rotatable bonds is 10. The van der Waals surface area contributed by atoms with Crippen LogP contribution in [0.5, 0.6) is 11.5 Å². The van der Waals surface area contributed by atoms with Crippen LogP contribution >= 0.6 is 0 Å². The molecule has 2 aromatic rings. The molecular weight excluding hydrogens is 358 g/mol. The van der Waals surface area contributed by atoms with Crippen LogP contribution in [0.3, 0.4) is 0 Å². The van der Waals surface area contributed by atoms with Crippen molar-refractivity contribution in [1.29, 1.82) is 0 Å². The predicted octanol–water partition coefficient (Wildman–Crippen LogP) is 3.13. The Morgan fingerprint density at radius 1 is 1.07 bits per heavy atom. The topological polar surface area (TPSA) is 89.0 Å². The molecule has 28 heavy (non-hydrogen) atoms. The molecule has 0 unspecified atom stereocenters. The molecule has 0 heterocycles. The number of hydrogen-bond donors (Lipinski definition) is 2. The van der Waals surface area contributed by atoms with Gasteiger partial charge in [-0.3, -0.25) is 9.59 Å². The molecule has 0 radical (unpaired) electrons. The fourth-order valence-electron chi connectivity index (χ4n) is 2.29. The molecule has 2 amide bonds. The van der Waals surface area contributed by atoms with E-state index in [0.717, 1.165) is 0 Å². The molecule has 7 nitrogen and oxygen atoms in total. The van der Waals surface area contributed by atoms with E-state index in [1.807, 2.05) is 18.2 Å². The number of hydrazone groups is 1. The molecule has 0 saturated carbocycles. The summed E-state index contributed by atoms with van der Waals surface area (Å²) >= 11 is 0. The molecule has 0 aliphatic carbocycles. The number of anilines is 1. The average Bonchev–Trinajstić information content (AvgIpc) is 2.71. The van der Waals surface area contributed by atoms with E-state index in [-0.39, 0.29) is 24.7 Å². The summed E-state index contributed by atoms with van der Waals surface area (Å²) in [4.78, 5) is 23.8. The lowest BCUT2D eigenvalue weighted by Gasteiger charge is -2.11. The first-order chi connectivity index (χ1) is 13.6. The van der Waals surface area contributed by atoms with Gasteiger partial charge < -0.3 is 14.8 Å². The van der Waals surface area contributed by atoms with Crippen LogP contribution in [-0.4, -0.2) is 31.7 Å². The van der Waals surface area contributed by atoms with Gasteiger partial charge in [0.25, 0.3) is 0 Å². The average molecular weight is 381 g/mol. The van der Waals surface area contributed by atoms with E-state index in [1.54, 1.807) is 43.5 Å². The van der Waals surface area contributed by atoms with Crippen molar-refractivity contribution in [3.8, 4) is 11.5 Å². The minimum Gasteiger partial charge on any atom is -0.493 e. The Kier molecular flexibility index (Phi) is 8.26. The Labute approximate surface area is 164 Å². The maximum absolute atomic E-state index is 11.9. The van der Waals surface area contributed by atoms with E-state index >= 15 is 0 Å². The van der Waals surface area contributed by atoms with E-state index in [9.17, 15) is 9.59 Å². The standard InChI is InChI=1S/C21H23N3O4/c1-3-14-28-21-16(8-7-11-18(21)27-2)15-22-24-20(26)13-12-19(25)23-17-9-5-4-6-10-17/h3-11,15H,1,12-14H2,2H3,(H,23,25)(H,24,26). The molecule has 0 aliphatic heterocycles. The van der Waals surface area contributed by atoms with Gasteiger partial charge >= 0.3 is 0 Å². The third kappa shape index (κ3) is 6.60. The molecule has 0 aliphatic rings. The van der Waals surface area contributed by atoms with Gasteiger partial charge in [-0.05, 0) is 24.3 Å². The van der Waals surface area contributed by atoms with Crippen molar-refractivity contribution in [2.45, 2.75) is 12.8 Å². The number of hydrogen-bond acceptors (Lipinski definition) is 5. The Hall–Kier alpha value is -3.61. The minimum atomic E-state index is -0.365. The molecule has 0 atom stereocenters. The Morgan fingerprint density at radius 2 is 1.82 bits per heavy atom. The number of nitrogens with one attached hydrogen (secondary N) is 2. The van der Waals surface area contributed by atoms with E-state index in [0.29, 0.717) is 29.4 Å². The van der Waals surface area contributed by atoms with Crippen molar-refractivity contribution in [2.75, 3.05) is 19.0 Å². The Balaban J connectivity index is 1.86. The molecule has 0 spiro atoms. The van der Waals surface area contributed by atoms with E-state index in [2.05, 4.69) is 22.4 Å². The maximum atomic E-state index is 11.9. The van der Waals surface area contributed by atoms with Crippen molar-refractivity contribution < 1.29 is 19.1 Å². The highest BCUT2D eigenvalue weighted by atomic mass is 16.5. The molecule has 2 aromatic carbocycles. The van der Waals surface area contributed by atoms with Crippen molar-refractivity contribution in [1.82, 2.24) is 5.43 Å². The molecule has 2 N–H and O–H groups in total. The number of carbonyl (C=O) groups is 2. The van der Waals surface area contributed by atoms with Crippen LogP contribution in [0, 0.1) is 0 Å². The summed E-state index contributed by atoms with van der Waals surface area (Å²) in [6.45, 7) is 3.93. The molecule has 0 fully saturated rings. The second-order valence-corrected chi connectivity index (χ2v) is 5.69. The first kappa shape index (κ1) is 20.7. The highest BCUT2D eigenvalue weighted by Crippen LogP contribution is 2.29. The first-order valence-corrected chi connectivity index (χ1v) is 8.71. The lowest BCUT2D eigenvalue weighted by molar-refractivity contribution is -0.124. The van der Waals surface area contributed by atoms with Crippen LogP contribution in [0.25, 0.3) is 0 Å². The fourth-order valence-corrected chi connectivity index (χ4v) is 2.29. The van der Waals surface area contributed by atoms with Crippen molar-refractivity contribution in [2.24, 2.45) is 5.10 Å². The Morgan fingerprint density at radius 3 is 2.54 bits per heavy atom. The van der Waals surface area contributed by atoms with E-state index in [4.69, 9.17) is 9.47 Å². The van der Waals surface area contributed by atoms with Gasteiger partial charge in [0.2, 0.25) is 11.8 Å². The van der Waals surface area contributed by atoms with Crippen LogP contribution in [0.4, 0.5) is 5.69 Å². The fraction of sp³-hybridized carbons (Fsp3) is 0.190. The number of para-hydroxylation sites is 2. The summed E-state index contributed by atoms with van der Waals surface area (Å²) in [5.74, 6) is 0.453. The minimum absolute atomic E-state index is 0.0218. The number of amides is 2. The van der Waals surface area contributed by atoms with Gasteiger partial charge in [-0.2, -0.15) is 5.10 Å². The molecule has 0 saturated heterocycles. The number of methoxy groups -OCH3 is 1. The zero-order valence-corrected chi connectivity index (χ0v) is 15.7. The van der Waals surface area contributed by atoms with Crippen LogP contribution in [-0.2, 0) is 9.59 Å². The second kappa shape index (κ2) is 11.2. The normalized spacial score (nSPS) is 10.3. The highest BCUT2D eigenvalue weighted by Gasteiger charge is 2.09. The van der Waals surface area contributed by atoms with Gasteiger partial charge in [0.15, 0.2) is 11.5 Å². The number of nitrogens with zero attached hydrogens (tertiary/aromatic N) is 1. The Bertz CT molecular complexity index is 835. The lowest BCUT2D eigenvalue weighted by Crippen LogP contribution is -2.20. The van der Waals surface area contributed by atoms with Crippen molar-refractivity contribution in [3.63, 3.8) is 0 Å². The number of carbonyl (C=O) groups excluding carboxylic acids is 2. The largest absolute Gasteiger partial charge is 0.493 e. The summed E-state index contributed by atoms with van der Waals surface area (Å²) in [7, 11) is 1.54. The quantitative estimate of drug-likeness (QED) is 0.376. The summed E-state index contributed by atoms with van der Waals surface area (Å²) in [5, 5.41) is 6.65. The lowest BCUT2D eigenvalue weighted by atomic mass is 10.2. The molecule has 7 heteroatoms. The van der Waals surface area contributed by atoms with Crippen LogP contribution < -0.4 is 20.2 Å².